The van der Waals surface area contributed by atoms with Gasteiger partial charge in [-0.25, -0.2) is 0 Å². The Labute approximate surface area is 195 Å². The Balaban J connectivity index is -0.0000000114. The number of carbonyl (C=O) groups is 4. The van der Waals surface area contributed by atoms with Gasteiger partial charge in [0.15, 0.2) is 0 Å². The first-order valence-electron chi connectivity index (χ1n) is 4.21. The summed E-state index contributed by atoms with van der Waals surface area (Å²) in [6.45, 7) is 4.33. The Morgan fingerprint density at radius 1 is 0.577 bits per heavy atom. The summed E-state index contributed by atoms with van der Waals surface area (Å²) < 4.78 is 25.3. The number of rotatable bonds is 0. The maximum Gasteiger partial charge on any atom is 1.00 e. The molecular weight excluding hydrogens is 414 g/mol. The third kappa shape index (κ3) is 280000. The number of hydrogen-bond donors (Lipinski definition) is 4. The number of carboxylic acid groups (broad SMARTS) is 4. The molecular formula is C8H24Na2O15S. The van der Waals surface area contributed by atoms with Gasteiger partial charge in [0, 0.05) is 27.7 Å². The molecule has 0 aliphatic heterocycles. The van der Waals surface area contributed by atoms with E-state index in [1.807, 2.05) is 0 Å². The monoisotopic (exact) mass is 438 g/mol. The van der Waals surface area contributed by atoms with Gasteiger partial charge in [-0.3, -0.25) is 23.4 Å². The van der Waals surface area contributed by atoms with Gasteiger partial charge in [0.2, 0.25) is 0 Å². The normalized spacial score (nSPS) is 5.19. The van der Waals surface area contributed by atoms with Crippen LogP contribution in [-0.4, -0.2) is 79.5 Å². The molecule has 0 atom stereocenters. The Morgan fingerprint density at radius 3 is 0.577 bits per heavy atom. The molecule has 0 aromatic rings. The minimum absolute atomic E-state index is 0. The molecule has 0 bridgehead atoms. The summed E-state index contributed by atoms with van der Waals surface area (Å²) >= 11 is -3.11. The Hall–Kier alpha value is -0.210. The van der Waals surface area contributed by atoms with Crippen LogP contribution in [0.4, 0.5) is 0 Å². The molecule has 0 saturated heterocycles. The number of aliphatic carboxylic acids is 4. The van der Waals surface area contributed by atoms with Crippen molar-refractivity contribution in [3.8, 4) is 0 Å². The molecule has 0 rings (SSSR count). The summed E-state index contributed by atoms with van der Waals surface area (Å²) in [5.41, 5.74) is 0. The van der Waals surface area contributed by atoms with E-state index >= 15 is 0 Å². The van der Waals surface area contributed by atoms with Crippen LogP contribution in [-0.2, 0) is 30.5 Å². The fraction of sp³-hybridized carbons (Fsp3) is 0.500. The van der Waals surface area contributed by atoms with Gasteiger partial charge in [0.1, 0.15) is 0 Å². The third-order valence-electron chi connectivity index (χ3n) is 0. The summed E-state index contributed by atoms with van der Waals surface area (Å²) in [6.07, 6.45) is 0. The molecule has 0 aromatic heterocycles. The molecule has 0 radical (unpaired) electrons. The van der Waals surface area contributed by atoms with Crippen molar-refractivity contribution in [2.45, 2.75) is 27.7 Å². The second kappa shape index (κ2) is 64.1. The maximum absolute atomic E-state index is 9.00. The van der Waals surface area contributed by atoms with E-state index in [9.17, 15) is 0 Å². The van der Waals surface area contributed by atoms with E-state index in [-0.39, 0.29) is 81.0 Å². The molecule has 0 unspecified atom stereocenters. The van der Waals surface area contributed by atoms with Crippen molar-refractivity contribution in [2.24, 2.45) is 0 Å². The maximum atomic E-state index is 9.00. The molecule has 0 aromatic carbocycles. The van der Waals surface area contributed by atoms with E-state index in [1.165, 1.54) is 0 Å². The van der Waals surface area contributed by atoms with Gasteiger partial charge in [-0.15, -0.1) is 11.4 Å². The van der Waals surface area contributed by atoms with Crippen LogP contribution < -0.4 is 59.1 Å². The van der Waals surface area contributed by atoms with E-state index in [4.69, 9.17) is 52.9 Å². The minimum atomic E-state index is -3.11. The summed E-state index contributed by atoms with van der Waals surface area (Å²) in [5.74, 6) is -3.33. The van der Waals surface area contributed by atoms with Crippen LogP contribution in [0.2, 0.25) is 0 Å². The summed E-state index contributed by atoms with van der Waals surface area (Å²) in [4.78, 5) is 36.0. The molecule has 0 spiro atoms. The van der Waals surface area contributed by atoms with Crippen LogP contribution in [0.5, 0.6) is 0 Å². The Kier molecular flexibility index (Phi) is 179. The molecule has 0 saturated carbocycles. The summed E-state index contributed by atoms with van der Waals surface area (Å²) in [7, 11) is 0. The number of carboxylic acids is 4. The van der Waals surface area contributed by atoms with Crippen LogP contribution in [0.15, 0.2) is 0 Å². The van der Waals surface area contributed by atoms with E-state index in [1.54, 1.807) is 0 Å². The fourth-order valence-electron chi connectivity index (χ4n) is 0. The first-order valence-corrected chi connectivity index (χ1v) is 5.21. The van der Waals surface area contributed by atoms with Crippen LogP contribution in [0, 0.1) is 0 Å². The average molecular weight is 438 g/mol. The zero-order valence-corrected chi connectivity index (χ0v) is 19.9. The van der Waals surface area contributed by atoms with Crippen molar-refractivity contribution in [1.29, 1.82) is 0 Å². The molecule has 15 nitrogen and oxygen atoms in total. The van der Waals surface area contributed by atoms with Crippen LogP contribution in [0.1, 0.15) is 27.7 Å². The standard InChI is InChI=1S/4C2H4O2.2Na.H2O3S.4H2O/c4*1-2(3)4;;;1-4(2)3;;;;/h4*1H3,(H,3,4);;;(H2,1,2,3);4*1H2/q;;;;2*+1;;;;;/p-2. The SMILES string of the molecule is CC(=O)O.CC(=O)O.CC(=O)O.CC(=O)O.O.O.O.O.O=S([O-])[O-].[Na+].[Na+]. The largest absolute Gasteiger partial charge is 1.00 e. The van der Waals surface area contributed by atoms with Gasteiger partial charge >= 0.3 is 59.1 Å². The van der Waals surface area contributed by atoms with Crippen molar-refractivity contribution in [3.05, 3.63) is 0 Å². The molecule has 18 heteroatoms. The van der Waals surface area contributed by atoms with Crippen LogP contribution >= 0.6 is 0 Å². The van der Waals surface area contributed by atoms with Gasteiger partial charge < -0.3 is 51.4 Å². The summed E-state index contributed by atoms with van der Waals surface area (Å²) in [6, 6.07) is 0. The van der Waals surface area contributed by atoms with Crippen LogP contribution in [0.25, 0.3) is 0 Å². The molecule has 0 aliphatic rings. The van der Waals surface area contributed by atoms with E-state index in [2.05, 4.69) is 0 Å². The fourth-order valence-corrected chi connectivity index (χ4v) is 0. The van der Waals surface area contributed by atoms with E-state index in [0.29, 0.717) is 0 Å². The smallest absolute Gasteiger partial charge is 0.784 e. The Morgan fingerprint density at radius 2 is 0.577 bits per heavy atom. The molecule has 0 fully saturated rings. The quantitative estimate of drug-likeness (QED) is 0.203. The predicted octanol–water partition coefficient (Wildman–Crippen LogP) is -9.93. The van der Waals surface area contributed by atoms with Crippen molar-refractivity contribution in [2.75, 3.05) is 0 Å². The van der Waals surface area contributed by atoms with Gasteiger partial charge in [-0.2, -0.15) is 0 Å². The Bertz CT molecular complexity index is 222. The van der Waals surface area contributed by atoms with Crippen molar-refractivity contribution in [3.63, 3.8) is 0 Å². The molecule has 12 N–H and O–H groups in total. The number of hydrogen-bond acceptors (Lipinski definition) is 7. The molecule has 0 amide bonds. The predicted molar refractivity (Wildman–Crippen MR) is 77.4 cm³/mol. The molecule has 26 heavy (non-hydrogen) atoms. The van der Waals surface area contributed by atoms with Gasteiger partial charge in [0.25, 0.3) is 23.9 Å². The first-order chi connectivity index (χ1) is 8.66. The molecule has 0 heterocycles. The summed E-state index contributed by atoms with van der Waals surface area (Å²) in [5, 5.41) is 29.7. The van der Waals surface area contributed by atoms with E-state index < -0.39 is 35.2 Å². The van der Waals surface area contributed by atoms with Crippen LogP contribution in [0.3, 0.4) is 0 Å². The zero-order chi connectivity index (χ0) is 17.9. The van der Waals surface area contributed by atoms with Gasteiger partial charge in [-0.05, 0) is 0 Å². The van der Waals surface area contributed by atoms with Crippen molar-refractivity contribution >= 4 is 35.2 Å². The average Bonchev–Trinajstić information content (AvgIpc) is 1.94. The second-order valence-electron chi connectivity index (χ2n) is 2.28. The van der Waals surface area contributed by atoms with Crippen molar-refractivity contribution in [1.82, 2.24) is 0 Å². The first kappa shape index (κ1) is 72.5. The second-order valence-corrected chi connectivity index (χ2v) is 2.69. The van der Waals surface area contributed by atoms with Gasteiger partial charge in [0.05, 0.1) is 0 Å². The minimum Gasteiger partial charge on any atom is -0.784 e. The molecule has 154 valence electrons. The third-order valence-corrected chi connectivity index (χ3v) is 0. The van der Waals surface area contributed by atoms with E-state index in [0.717, 1.165) is 27.7 Å². The molecule has 0 aliphatic carbocycles. The topological polar surface area (TPSA) is 338 Å². The van der Waals surface area contributed by atoms with Crippen molar-refractivity contribution < 1.29 is 134 Å². The van der Waals surface area contributed by atoms with Gasteiger partial charge in [-0.1, -0.05) is 0 Å². The zero-order valence-electron chi connectivity index (χ0n) is 15.1.